The number of unbranched alkanes of at least 4 members (excludes halogenated alkanes) is 15. The molecule has 0 aromatic heterocycles. The predicted octanol–water partition coefficient (Wildman–Crippen LogP) is 9.33. The molecule has 202 valence electrons. The summed E-state index contributed by atoms with van der Waals surface area (Å²) in [7, 11) is 0. The van der Waals surface area contributed by atoms with Crippen molar-refractivity contribution in [1.29, 1.82) is 0 Å². The highest BCUT2D eigenvalue weighted by Crippen LogP contribution is 2.19. The zero-order valence-corrected chi connectivity index (χ0v) is 23.2. The van der Waals surface area contributed by atoms with E-state index in [1.54, 1.807) is 0 Å². The van der Waals surface area contributed by atoms with Gasteiger partial charge in [-0.3, -0.25) is 9.59 Å². The SMILES string of the molecule is CCCCCCCOC(=O)CCCCCCCCCCC(CC)CC(=O)OCCCCCCC. The van der Waals surface area contributed by atoms with Crippen molar-refractivity contribution < 1.29 is 19.1 Å². The highest BCUT2D eigenvalue weighted by Gasteiger charge is 2.13. The first-order valence-corrected chi connectivity index (χ1v) is 14.9. The monoisotopic (exact) mass is 482 g/mol. The minimum absolute atomic E-state index is 0.00167. The van der Waals surface area contributed by atoms with Gasteiger partial charge in [-0.05, 0) is 31.6 Å². The molecule has 0 aliphatic rings. The third-order valence-corrected chi connectivity index (χ3v) is 6.80. The Kier molecular flexibility index (Phi) is 25.7. The maximum Gasteiger partial charge on any atom is 0.306 e. The predicted molar refractivity (Wildman–Crippen MR) is 144 cm³/mol. The summed E-state index contributed by atoms with van der Waals surface area (Å²) in [4.78, 5) is 23.8. The van der Waals surface area contributed by atoms with E-state index in [2.05, 4.69) is 20.8 Å². The number of rotatable bonds is 26. The quantitative estimate of drug-likeness (QED) is 0.0910. The molecule has 0 aromatic rings. The van der Waals surface area contributed by atoms with Crippen LogP contribution in [0.3, 0.4) is 0 Å². The lowest BCUT2D eigenvalue weighted by Gasteiger charge is -2.14. The Balaban J connectivity index is 3.46. The third-order valence-electron chi connectivity index (χ3n) is 6.80. The highest BCUT2D eigenvalue weighted by atomic mass is 16.5. The van der Waals surface area contributed by atoms with Crippen LogP contribution in [0.15, 0.2) is 0 Å². The van der Waals surface area contributed by atoms with Crippen molar-refractivity contribution >= 4 is 11.9 Å². The Morgan fingerprint density at radius 3 is 1.50 bits per heavy atom. The Labute approximate surface area is 212 Å². The maximum absolute atomic E-state index is 12.1. The lowest BCUT2D eigenvalue weighted by Crippen LogP contribution is -2.12. The van der Waals surface area contributed by atoms with Gasteiger partial charge in [0.05, 0.1) is 13.2 Å². The van der Waals surface area contributed by atoms with Crippen molar-refractivity contribution in [2.24, 2.45) is 5.92 Å². The molecule has 0 amide bonds. The van der Waals surface area contributed by atoms with E-state index in [1.807, 2.05) is 0 Å². The zero-order chi connectivity index (χ0) is 25.1. The molecule has 0 bridgehead atoms. The number of ether oxygens (including phenoxy) is 2. The van der Waals surface area contributed by atoms with Gasteiger partial charge in [0, 0.05) is 12.8 Å². The average Bonchev–Trinajstić information content (AvgIpc) is 2.83. The van der Waals surface area contributed by atoms with Gasteiger partial charge in [0.1, 0.15) is 0 Å². The van der Waals surface area contributed by atoms with Crippen molar-refractivity contribution in [3.63, 3.8) is 0 Å². The van der Waals surface area contributed by atoms with Gasteiger partial charge in [0.25, 0.3) is 0 Å². The van der Waals surface area contributed by atoms with Gasteiger partial charge >= 0.3 is 11.9 Å². The summed E-state index contributed by atoms with van der Waals surface area (Å²) in [5.74, 6) is 0.457. The van der Waals surface area contributed by atoms with Crippen molar-refractivity contribution in [2.75, 3.05) is 13.2 Å². The van der Waals surface area contributed by atoms with Gasteiger partial charge in [-0.25, -0.2) is 0 Å². The summed E-state index contributed by atoms with van der Waals surface area (Å²) in [5.41, 5.74) is 0. The van der Waals surface area contributed by atoms with Crippen LogP contribution in [-0.4, -0.2) is 25.2 Å². The summed E-state index contributed by atoms with van der Waals surface area (Å²) < 4.78 is 10.7. The number of carbonyl (C=O) groups is 2. The number of carbonyl (C=O) groups excluding carboxylic acids is 2. The molecule has 0 aliphatic heterocycles. The maximum atomic E-state index is 12.1. The van der Waals surface area contributed by atoms with Crippen LogP contribution in [-0.2, 0) is 19.1 Å². The zero-order valence-electron chi connectivity index (χ0n) is 23.2. The molecule has 1 atom stereocenters. The first-order valence-electron chi connectivity index (χ1n) is 14.9. The van der Waals surface area contributed by atoms with Crippen LogP contribution in [0.1, 0.15) is 162 Å². The van der Waals surface area contributed by atoms with E-state index in [1.165, 1.54) is 89.9 Å². The molecule has 1 unspecified atom stereocenters. The second-order valence-corrected chi connectivity index (χ2v) is 10.1. The lowest BCUT2D eigenvalue weighted by molar-refractivity contribution is -0.145. The fraction of sp³-hybridized carbons (Fsp3) is 0.933. The Hall–Kier alpha value is -1.06. The van der Waals surface area contributed by atoms with Gasteiger partial charge in [0.15, 0.2) is 0 Å². The Morgan fingerprint density at radius 2 is 0.971 bits per heavy atom. The van der Waals surface area contributed by atoms with Crippen LogP contribution in [0.2, 0.25) is 0 Å². The van der Waals surface area contributed by atoms with Crippen molar-refractivity contribution in [3.05, 3.63) is 0 Å². The Bertz CT molecular complexity index is 449. The number of hydrogen-bond acceptors (Lipinski definition) is 4. The molecule has 0 aromatic carbocycles. The van der Waals surface area contributed by atoms with Gasteiger partial charge in [0.2, 0.25) is 0 Å². The van der Waals surface area contributed by atoms with Crippen LogP contribution < -0.4 is 0 Å². The van der Waals surface area contributed by atoms with E-state index in [-0.39, 0.29) is 11.9 Å². The van der Waals surface area contributed by atoms with Crippen molar-refractivity contribution in [1.82, 2.24) is 0 Å². The fourth-order valence-electron chi connectivity index (χ4n) is 4.36. The molecule has 0 radical (unpaired) electrons. The molecule has 0 N–H and O–H groups in total. The lowest BCUT2D eigenvalue weighted by atomic mass is 9.95. The highest BCUT2D eigenvalue weighted by molar-refractivity contribution is 5.69. The molecule has 0 spiro atoms. The van der Waals surface area contributed by atoms with Gasteiger partial charge in [-0.15, -0.1) is 0 Å². The normalized spacial score (nSPS) is 12.0. The van der Waals surface area contributed by atoms with Gasteiger partial charge in [-0.2, -0.15) is 0 Å². The average molecular weight is 483 g/mol. The molecule has 0 saturated heterocycles. The van der Waals surface area contributed by atoms with Crippen molar-refractivity contribution in [2.45, 2.75) is 162 Å². The molecule has 4 heteroatoms. The standard InChI is InChI=1S/C30H58O4/c1-4-7-9-17-21-25-33-29(31)24-20-16-14-12-11-13-15-19-23-28(6-3)27-30(32)34-26-22-18-10-8-5-2/h28H,4-27H2,1-3H3. The Morgan fingerprint density at radius 1 is 0.529 bits per heavy atom. The molecule has 34 heavy (non-hydrogen) atoms. The first kappa shape index (κ1) is 32.9. The van der Waals surface area contributed by atoms with E-state index in [0.717, 1.165) is 38.5 Å². The van der Waals surface area contributed by atoms with E-state index in [0.29, 0.717) is 32.0 Å². The van der Waals surface area contributed by atoms with E-state index in [4.69, 9.17) is 9.47 Å². The fourth-order valence-corrected chi connectivity index (χ4v) is 4.36. The van der Waals surface area contributed by atoms with Gasteiger partial charge < -0.3 is 9.47 Å². The number of hydrogen-bond donors (Lipinski definition) is 0. The van der Waals surface area contributed by atoms with Crippen LogP contribution in [0, 0.1) is 5.92 Å². The van der Waals surface area contributed by atoms with E-state index >= 15 is 0 Å². The minimum Gasteiger partial charge on any atom is -0.466 e. The summed E-state index contributed by atoms with van der Waals surface area (Å²) in [6.45, 7) is 7.81. The first-order chi connectivity index (χ1) is 16.6. The minimum atomic E-state index is -0.0168. The van der Waals surface area contributed by atoms with Crippen LogP contribution >= 0.6 is 0 Å². The molecular formula is C30H58O4. The molecular weight excluding hydrogens is 424 g/mol. The van der Waals surface area contributed by atoms with E-state index < -0.39 is 0 Å². The molecule has 0 saturated carbocycles. The van der Waals surface area contributed by atoms with Crippen molar-refractivity contribution in [3.8, 4) is 0 Å². The van der Waals surface area contributed by atoms with Crippen LogP contribution in [0.5, 0.6) is 0 Å². The summed E-state index contributed by atoms with van der Waals surface area (Å²) in [6, 6.07) is 0. The smallest absolute Gasteiger partial charge is 0.306 e. The van der Waals surface area contributed by atoms with Crippen LogP contribution in [0.25, 0.3) is 0 Å². The molecule has 0 rings (SSSR count). The van der Waals surface area contributed by atoms with Crippen LogP contribution in [0.4, 0.5) is 0 Å². The molecule has 0 heterocycles. The number of esters is 2. The second-order valence-electron chi connectivity index (χ2n) is 10.1. The summed E-state index contributed by atoms with van der Waals surface area (Å²) in [6.07, 6.45) is 24.9. The van der Waals surface area contributed by atoms with E-state index in [9.17, 15) is 9.59 Å². The topological polar surface area (TPSA) is 52.6 Å². The summed E-state index contributed by atoms with van der Waals surface area (Å²) in [5, 5.41) is 0. The molecule has 0 fully saturated rings. The molecule has 0 aliphatic carbocycles. The third kappa shape index (κ3) is 24.1. The largest absolute Gasteiger partial charge is 0.466 e. The second kappa shape index (κ2) is 26.5. The molecule has 4 nitrogen and oxygen atoms in total. The van der Waals surface area contributed by atoms with Gasteiger partial charge in [-0.1, -0.05) is 124 Å². The summed E-state index contributed by atoms with van der Waals surface area (Å²) >= 11 is 0.